The van der Waals surface area contributed by atoms with Crippen molar-refractivity contribution in [3.63, 3.8) is 0 Å². The number of nitro groups is 1. The molecule has 0 unspecified atom stereocenters. The Kier molecular flexibility index (Phi) is 5.38. The lowest BCUT2D eigenvalue weighted by Crippen LogP contribution is -2.30. The average molecular weight is 350 g/mol. The SMILES string of the molecule is O=C(Cc1cccc2cccnc12)NCCNc1ccc([N+](=O)[O-])cc1. The van der Waals surface area contributed by atoms with E-state index in [1.807, 2.05) is 30.3 Å². The number of carbonyl (C=O) groups is 1. The molecular weight excluding hydrogens is 332 g/mol. The fraction of sp³-hybridized carbons (Fsp3) is 0.158. The van der Waals surface area contributed by atoms with Gasteiger partial charge in [0.1, 0.15) is 0 Å². The highest BCUT2D eigenvalue weighted by molar-refractivity contribution is 5.87. The van der Waals surface area contributed by atoms with E-state index in [-0.39, 0.29) is 18.0 Å². The van der Waals surface area contributed by atoms with Crippen molar-refractivity contribution in [1.82, 2.24) is 10.3 Å². The third-order valence-electron chi connectivity index (χ3n) is 3.92. The highest BCUT2D eigenvalue weighted by atomic mass is 16.6. The summed E-state index contributed by atoms with van der Waals surface area (Å²) in [5, 5.41) is 17.6. The standard InChI is InChI=1S/C19H18N4O3/c24-18(13-15-4-1-3-14-5-2-10-22-19(14)15)21-12-11-20-16-6-8-17(9-7-16)23(25)26/h1-10,20H,11-13H2,(H,21,24). The van der Waals surface area contributed by atoms with Crippen molar-refractivity contribution in [2.45, 2.75) is 6.42 Å². The number of pyridine rings is 1. The molecule has 0 spiro atoms. The van der Waals surface area contributed by atoms with Crippen LogP contribution in [0.2, 0.25) is 0 Å². The number of non-ortho nitro benzene ring substituents is 1. The lowest BCUT2D eigenvalue weighted by atomic mass is 10.1. The molecule has 0 aliphatic carbocycles. The van der Waals surface area contributed by atoms with Gasteiger partial charge >= 0.3 is 0 Å². The Labute approximate surface area is 150 Å². The van der Waals surface area contributed by atoms with Crippen LogP contribution in [0.5, 0.6) is 0 Å². The number of para-hydroxylation sites is 1. The number of hydrogen-bond donors (Lipinski definition) is 2. The fourth-order valence-corrected chi connectivity index (χ4v) is 2.66. The summed E-state index contributed by atoms with van der Waals surface area (Å²) >= 11 is 0. The van der Waals surface area contributed by atoms with Crippen LogP contribution in [0, 0.1) is 10.1 Å². The second kappa shape index (κ2) is 8.06. The van der Waals surface area contributed by atoms with Gasteiger partial charge in [0.15, 0.2) is 0 Å². The van der Waals surface area contributed by atoms with Crippen molar-refractivity contribution in [1.29, 1.82) is 0 Å². The molecule has 2 aromatic carbocycles. The summed E-state index contributed by atoms with van der Waals surface area (Å²) in [6.07, 6.45) is 1.99. The summed E-state index contributed by atoms with van der Waals surface area (Å²) in [7, 11) is 0. The van der Waals surface area contributed by atoms with E-state index in [9.17, 15) is 14.9 Å². The molecular formula is C19H18N4O3. The van der Waals surface area contributed by atoms with Gasteiger partial charge in [0.05, 0.1) is 16.9 Å². The number of carbonyl (C=O) groups excluding carboxylic acids is 1. The molecule has 1 heterocycles. The predicted molar refractivity (Wildman–Crippen MR) is 100 cm³/mol. The molecule has 0 atom stereocenters. The molecule has 0 aliphatic rings. The van der Waals surface area contributed by atoms with E-state index >= 15 is 0 Å². The van der Waals surface area contributed by atoms with Crippen LogP contribution in [0.4, 0.5) is 11.4 Å². The number of nitrogens with one attached hydrogen (secondary N) is 2. The van der Waals surface area contributed by atoms with Crippen LogP contribution in [-0.4, -0.2) is 28.9 Å². The summed E-state index contributed by atoms with van der Waals surface area (Å²) in [5.41, 5.74) is 2.55. The van der Waals surface area contributed by atoms with E-state index in [0.717, 1.165) is 22.2 Å². The van der Waals surface area contributed by atoms with Crippen LogP contribution in [0.15, 0.2) is 60.8 Å². The lowest BCUT2D eigenvalue weighted by molar-refractivity contribution is -0.384. The van der Waals surface area contributed by atoms with Crippen molar-refractivity contribution in [3.8, 4) is 0 Å². The molecule has 0 aliphatic heterocycles. The van der Waals surface area contributed by atoms with Crippen molar-refractivity contribution in [2.24, 2.45) is 0 Å². The Morgan fingerprint density at radius 1 is 1.04 bits per heavy atom. The first-order valence-electron chi connectivity index (χ1n) is 8.21. The summed E-state index contributed by atoms with van der Waals surface area (Å²) in [6, 6.07) is 15.8. The second-order valence-corrected chi connectivity index (χ2v) is 5.75. The van der Waals surface area contributed by atoms with E-state index in [4.69, 9.17) is 0 Å². The van der Waals surface area contributed by atoms with Crippen molar-refractivity contribution in [3.05, 3.63) is 76.5 Å². The Hall–Kier alpha value is -3.48. The maximum atomic E-state index is 12.1. The highest BCUT2D eigenvalue weighted by Crippen LogP contribution is 2.16. The smallest absolute Gasteiger partial charge is 0.269 e. The van der Waals surface area contributed by atoms with Gasteiger partial charge in [-0.3, -0.25) is 19.9 Å². The molecule has 3 aromatic rings. The molecule has 0 saturated carbocycles. The molecule has 7 heteroatoms. The van der Waals surface area contributed by atoms with Crippen molar-refractivity contribution < 1.29 is 9.72 Å². The molecule has 0 fully saturated rings. The number of nitro benzene ring substituents is 1. The molecule has 0 bridgehead atoms. The van der Waals surface area contributed by atoms with Gasteiger partial charge < -0.3 is 10.6 Å². The van der Waals surface area contributed by atoms with Crippen LogP contribution >= 0.6 is 0 Å². The first-order valence-corrected chi connectivity index (χ1v) is 8.21. The number of rotatable bonds is 7. The average Bonchev–Trinajstić information content (AvgIpc) is 2.66. The first kappa shape index (κ1) is 17.3. The van der Waals surface area contributed by atoms with E-state index in [1.54, 1.807) is 18.3 Å². The van der Waals surface area contributed by atoms with E-state index in [1.165, 1.54) is 12.1 Å². The van der Waals surface area contributed by atoms with E-state index in [0.29, 0.717) is 13.1 Å². The first-order chi connectivity index (χ1) is 12.6. The number of aromatic nitrogens is 1. The van der Waals surface area contributed by atoms with Gasteiger partial charge in [0, 0.05) is 42.5 Å². The Balaban J connectivity index is 1.47. The molecule has 0 saturated heterocycles. The van der Waals surface area contributed by atoms with Gasteiger partial charge in [-0.05, 0) is 23.8 Å². The molecule has 2 N–H and O–H groups in total. The van der Waals surface area contributed by atoms with Crippen molar-refractivity contribution >= 4 is 28.2 Å². The molecule has 0 radical (unpaired) electrons. The maximum absolute atomic E-state index is 12.1. The zero-order valence-electron chi connectivity index (χ0n) is 14.0. The Bertz CT molecular complexity index is 920. The molecule has 7 nitrogen and oxygen atoms in total. The van der Waals surface area contributed by atoms with Gasteiger partial charge in [-0.2, -0.15) is 0 Å². The normalized spacial score (nSPS) is 10.5. The van der Waals surface area contributed by atoms with Crippen LogP contribution in [0.25, 0.3) is 10.9 Å². The third kappa shape index (κ3) is 4.32. The van der Waals surface area contributed by atoms with Crippen LogP contribution < -0.4 is 10.6 Å². The highest BCUT2D eigenvalue weighted by Gasteiger charge is 2.07. The second-order valence-electron chi connectivity index (χ2n) is 5.75. The summed E-state index contributed by atoms with van der Waals surface area (Å²) in [6.45, 7) is 0.978. The van der Waals surface area contributed by atoms with Crippen LogP contribution in [0.1, 0.15) is 5.56 Å². The zero-order valence-corrected chi connectivity index (χ0v) is 14.0. The van der Waals surface area contributed by atoms with Crippen molar-refractivity contribution in [2.75, 3.05) is 18.4 Å². The Morgan fingerprint density at radius 2 is 1.81 bits per heavy atom. The minimum Gasteiger partial charge on any atom is -0.383 e. The number of hydrogen-bond acceptors (Lipinski definition) is 5. The largest absolute Gasteiger partial charge is 0.383 e. The quantitative estimate of drug-likeness (QED) is 0.388. The van der Waals surface area contributed by atoms with Crippen LogP contribution in [0.3, 0.4) is 0 Å². The van der Waals surface area contributed by atoms with Crippen LogP contribution in [-0.2, 0) is 11.2 Å². The van der Waals surface area contributed by atoms with Gasteiger partial charge in [0.25, 0.3) is 5.69 Å². The monoisotopic (exact) mass is 350 g/mol. The molecule has 26 heavy (non-hydrogen) atoms. The minimum absolute atomic E-state index is 0.0487. The van der Waals surface area contributed by atoms with Gasteiger partial charge in [-0.25, -0.2) is 0 Å². The summed E-state index contributed by atoms with van der Waals surface area (Å²) in [4.78, 5) is 26.7. The molecule has 3 rings (SSSR count). The third-order valence-corrected chi connectivity index (χ3v) is 3.92. The summed E-state index contributed by atoms with van der Waals surface area (Å²) < 4.78 is 0. The number of anilines is 1. The van der Waals surface area contributed by atoms with E-state index < -0.39 is 4.92 Å². The van der Waals surface area contributed by atoms with Gasteiger partial charge in [-0.1, -0.05) is 24.3 Å². The minimum atomic E-state index is -0.438. The van der Waals surface area contributed by atoms with Gasteiger partial charge in [-0.15, -0.1) is 0 Å². The number of amides is 1. The molecule has 132 valence electrons. The Morgan fingerprint density at radius 3 is 2.58 bits per heavy atom. The number of benzene rings is 2. The molecule has 1 aromatic heterocycles. The van der Waals surface area contributed by atoms with E-state index in [2.05, 4.69) is 15.6 Å². The maximum Gasteiger partial charge on any atom is 0.269 e. The predicted octanol–water partition coefficient (Wildman–Crippen LogP) is 2.91. The lowest BCUT2D eigenvalue weighted by Gasteiger charge is -2.09. The molecule has 1 amide bonds. The fourth-order valence-electron chi connectivity index (χ4n) is 2.66. The summed E-state index contributed by atoms with van der Waals surface area (Å²) in [5.74, 6) is -0.0753. The zero-order chi connectivity index (χ0) is 18.4. The topological polar surface area (TPSA) is 97.2 Å². The number of fused-ring (bicyclic) bond motifs is 1. The number of nitrogens with zero attached hydrogens (tertiary/aromatic N) is 2. The van der Waals surface area contributed by atoms with Gasteiger partial charge in [0.2, 0.25) is 5.91 Å².